The normalized spacial score (nSPS) is 20.2. The monoisotopic (exact) mass is 644 g/mol. The number of fused-ring (bicyclic) bond motifs is 1. The van der Waals surface area contributed by atoms with E-state index in [9.17, 15) is 29.7 Å². The Morgan fingerprint density at radius 2 is 2.00 bits per heavy atom. The van der Waals surface area contributed by atoms with E-state index >= 15 is 0 Å². The second-order valence-electron chi connectivity index (χ2n) is 10.1. The zero-order valence-electron chi connectivity index (χ0n) is 23.3. The lowest BCUT2D eigenvalue weighted by Gasteiger charge is -2.30. The number of carbonyl (C=O) groups excluding carboxylic acids is 2. The second-order valence-corrected chi connectivity index (χ2v) is 10.7. The van der Waals surface area contributed by atoms with Crippen LogP contribution in [0, 0.1) is 11.5 Å². The topological polar surface area (TPSA) is 207 Å². The van der Waals surface area contributed by atoms with Crippen LogP contribution in [-0.2, 0) is 9.59 Å². The summed E-state index contributed by atoms with van der Waals surface area (Å²) in [6.07, 6.45) is 3.03. The van der Waals surface area contributed by atoms with E-state index in [0.717, 1.165) is 10.9 Å². The summed E-state index contributed by atoms with van der Waals surface area (Å²) in [6.45, 7) is 3.76. The van der Waals surface area contributed by atoms with Crippen molar-refractivity contribution in [3.8, 4) is 6.19 Å². The van der Waals surface area contributed by atoms with Gasteiger partial charge in [0, 0.05) is 37.1 Å². The minimum Gasteiger partial charge on any atom is -0.480 e. The lowest BCUT2D eigenvalue weighted by atomic mass is 9.96. The van der Waals surface area contributed by atoms with Gasteiger partial charge in [0.2, 0.25) is 5.96 Å². The fourth-order valence-corrected chi connectivity index (χ4v) is 5.56. The molecule has 2 aromatic rings. The van der Waals surface area contributed by atoms with Crippen LogP contribution in [0.2, 0.25) is 0 Å². The quantitative estimate of drug-likeness (QED) is 0.0561. The van der Waals surface area contributed by atoms with Gasteiger partial charge in [0.25, 0.3) is 11.8 Å². The molecule has 1 aromatic heterocycles. The number of H-pyrrole nitrogens is 1. The van der Waals surface area contributed by atoms with Crippen molar-refractivity contribution in [3.63, 3.8) is 0 Å². The van der Waals surface area contributed by atoms with E-state index in [0.29, 0.717) is 23.3 Å². The Kier molecular flexibility index (Phi) is 10.6. The fourth-order valence-electron chi connectivity index (χ4n) is 4.87. The number of aromatic nitrogens is 2. The maximum absolute atomic E-state index is 13.2. The lowest BCUT2D eigenvalue weighted by Crippen LogP contribution is -2.45. The van der Waals surface area contributed by atoms with Gasteiger partial charge in [-0.3, -0.25) is 20.0 Å². The van der Waals surface area contributed by atoms with E-state index in [1.807, 2.05) is 0 Å². The molecule has 0 spiro atoms. The molecule has 2 aliphatic rings. The van der Waals surface area contributed by atoms with E-state index < -0.39 is 36.7 Å². The molecule has 3 heterocycles. The van der Waals surface area contributed by atoms with Crippen LogP contribution >= 0.6 is 23.2 Å². The minimum absolute atomic E-state index is 0.0258. The number of carboxylic acids is 1. The largest absolute Gasteiger partial charge is 0.480 e. The number of carboxylic acid groups (broad SMARTS) is 1. The van der Waals surface area contributed by atoms with E-state index in [1.165, 1.54) is 4.90 Å². The van der Waals surface area contributed by atoms with Gasteiger partial charge in [0.1, 0.15) is 6.04 Å². The molecule has 44 heavy (non-hydrogen) atoms. The average Bonchev–Trinajstić information content (AvgIpc) is 3.62. The van der Waals surface area contributed by atoms with Crippen LogP contribution in [0.25, 0.3) is 10.9 Å². The van der Waals surface area contributed by atoms with Crippen LogP contribution in [0.5, 0.6) is 0 Å². The molecule has 14 nitrogen and oxygen atoms in total. The first-order chi connectivity index (χ1) is 21.1. The van der Waals surface area contributed by atoms with Crippen LogP contribution in [0.1, 0.15) is 16.8 Å². The van der Waals surface area contributed by atoms with Gasteiger partial charge in [-0.05, 0) is 29.7 Å². The Morgan fingerprint density at radius 3 is 2.64 bits per heavy atom. The van der Waals surface area contributed by atoms with Crippen molar-refractivity contribution in [2.24, 2.45) is 4.99 Å². The van der Waals surface area contributed by atoms with Gasteiger partial charge in [0.15, 0.2) is 6.19 Å². The molecular formula is C28H30Cl2N8O6. The van der Waals surface area contributed by atoms with Crippen molar-refractivity contribution in [2.75, 3.05) is 38.6 Å². The Labute approximate surface area is 261 Å². The maximum atomic E-state index is 13.2. The molecular weight excluding hydrogens is 615 g/mol. The summed E-state index contributed by atoms with van der Waals surface area (Å²) in [5.41, 5.74) is 2.28. The van der Waals surface area contributed by atoms with E-state index in [1.54, 1.807) is 41.6 Å². The zero-order valence-corrected chi connectivity index (χ0v) is 24.8. The molecule has 2 aliphatic heterocycles. The number of aliphatic hydroxyl groups is 2. The van der Waals surface area contributed by atoms with Crippen molar-refractivity contribution in [2.45, 2.75) is 24.7 Å². The van der Waals surface area contributed by atoms with Crippen molar-refractivity contribution in [3.05, 3.63) is 64.4 Å². The first-order valence-electron chi connectivity index (χ1n) is 13.4. The number of aliphatic carboxylic acids is 1. The predicted molar refractivity (Wildman–Crippen MR) is 162 cm³/mol. The number of carbonyl (C=O) groups is 3. The summed E-state index contributed by atoms with van der Waals surface area (Å²) in [6, 6.07) is 3.71. The van der Waals surface area contributed by atoms with Crippen molar-refractivity contribution in [1.29, 1.82) is 5.26 Å². The van der Waals surface area contributed by atoms with Gasteiger partial charge in [-0.25, -0.2) is 9.79 Å². The number of halogens is 2. The molecule has 1 fully saturated rings. The molecule has 0 saturated carbocycles. The van der Waals surface area contributed by atoms with Gasteiger partial charge < -0.3 is 30.4 Å². The van der Waals surface area contributed by atoms with Crippen molar-refractivity contribution >= 4 is 57.8 Å². The number of nitrogens with one attached hydrogen (secondary N) is 3. The van der Waals surface area contributed by atoms with Crippen LogP contribution in [-0.4, -0.2) is 116 Å². The smallest absolute Gasteiger partial charge is 0.328 e. The summed E-state index contributed by atoms with van der Waals surface area (Å²) in [7, 11) is 0. The fraction of sp³-hybridized carbons (Fsp3) is 0.357. The highest BCUT2D eigenvalue weighted by atomic mass is 35.5. The molecule has 0 bridgehead atoms. The van der Waals surface area contributed by atoms with Gasteiger partial charge in [-0.1, -0.05) is 30.3 Å². The van der Waals surface area contributed by atoms with Gasteiger partial charge in [0.05, 0.1) is 47.0 Å². The van der Waals surface area contributed by atoms with E-state index in [-0.39, 0.29) is 54.4 Å². The average molecular weight is 646 g/mol. The predicted octanol–water partition coefficient (Wildman–Crippen LogP) is 0.657. The molecule has 0 unspecified atom stereocenters. The summed E-state index contributed by atoms with van der Waals surface area (Å²) in [5, 5.41) is 50.8. The van der Waals surface area contributed by atoms with Gasteiger partial charge in [-0.15, -0.1) is 11.6 Å². The number of amides is 2. The molecule has 16 heteroatoms. The number of aliphatic imine (C=N–C) groups is 1. The standard InChI is InChI=1S/C28H30Cl2N8O6/c1-2-15-11-37(26(42)16-3-4-17-9-34-36-20(17)7-16)6-5-18(15)24(30)19(8-29)25(41)35-21(27(43)44)10-32-28(33-14-31)38-12-22(39)23(40)13-38/h2-4,7,9,21-23,39-40H,1,5-6,8,10-13H2,(H,32,33)(H,34,36)(H,35,41)(H,43,44)/b24-19-/t21-,22+,23+/m0/s1. The number of hydrogen-bond donors (Lipinski definition) is 6. The number of nitriles is 1. The lowest BCUT2D eigenvalue weighted by molar-refractivity contribution is -0.141. The number of alkyl halides is 1. The number of allylic oxidation sites excluding steroid dienone is 1. The Bertz CT molecular complexity index is 1590. The van der Waals surface area contributed by atoms with E-state index in [4.69, 9.17) is 28.5 Å². The third kappa shape index (κ3) is 7.20. The molecule has 3 atom stereocenters. The van der Waals surface area contributed by atoms with Crippen LogP contribution in [0.3, 0.4) is 0 Å². The highest BCUT2D eigenvalue weighted by molar-refractivity contribution is 6.36. The molecule has 6 N–H and O–H groups in total. The zero-order chi connectivity index (χ0) is 32.0. The number of hydrogen-bond acceptors (Lipinski definition) is 8. The summed E-state index contributed by atoms with van der Waals surface area (Å²) >= 11 is 12.8. The first-order valence-corrected chi connectivity index (χ1v) is 14.3. The van der Waals surface area contributed by atoms with Crippen LogP contribution < -0.4 is 10.6 Å². The molecule has 2 amide bonds. The molecule has 0 radical (unpaired) electrons. The number of guanidine groups is 1. The van der Waals surface area contributed by atoms with Crippen LogP contribution in [0.4, 0.5) is 0 Å². The highest BCUT2D eigenvalue weighted by Gasteiger charge is 2.32. The molecule has 4 rings (SSSR count). The second kappa shape index (κ2) is 14.4. The summed E-state index contributed by atoms with van der Waals surface area (Å²) < 4.78 is 0. The number of aliphatic hydroxyl groups excluding tert-OH is 2. The third-order valence-electron chi connectivity index (χ3n) is 7.29. The van der Waals surface area contributed by atoms with E-state index in [2.05, 4.69) is 32.4 Å². The summed E-state index contributed by atoms with van der Waals surface area (Å²) in [4.78, 5) is 45.5. The highest BCUT2D eigenvalue weighted by Crippen LogP contribution is 2.31. The first kappa shape index (κ1) is 32.5. The third-order valence-corrected chi connectivity index (χ3v) is 8.02. The number of likely N-dealkylation sites (tertiary alicyclic amines) is 1. The Balaban J connectivity index is 1.50. The SMILES string of the molecule is C=CC1=C(/C(Cl)=C(\CCl)C(=O)N[C@@H](CN=C(NC#N)N2C[C@@H](O)[C@H](O)C2)C(=O)O)CCN(C(=O)c2ccc3cn[nH]c3c2)C1. The molecule has 1 saturated heterocycles. The number of nitrogens with zero attached hydrogens (tertiary/aromatic N) is 5. The molecule has 1 aromatic carbocycles. The van der Waals surface area contributed by atoms with Crippen molar-refractivity contribution < 1.29 is 29.7 Å². The van der Waals surface area contributed by atoms with Crippen molar-refractivity contribution in [1.82, 2.24) is 30.6 Å². The summed E-state index contributed by atoms with van der Waals surface area (Å²) in [5.74, 6) is -2.86. The Morgan fingerprint density at radius 1 is 1.27 bits per heavy atom. The minimum atomic E-state index is -1.53. The number of aromatic amines is 1. The van der Waals surface area contributed by atoms with Gasteiger partial charge >= 0.3 is 5.97 Å². The molecule has 0 aliphatic carbocycles. The number of benzene rings is 1. The Hall–Kier alpha value is -4.42. The number of β-amino-alcohol motifs (C(OH)–C–C–N with tert-alkyl or cyclic N) is 2. The van der Waals surface area contributed by atoms with Crippen LogP contribution in [0.15, 0.2) is 63.8 Å². The van der Waals surface area contributed by atoms with Gasteiger partial charge in [-0.2, -0.15) is 10.4 Å². The number of rotatable bonds is 9. The molecule has 232 valence electrons. The maximum Gasteiger partial charge on any atom is 0.328 e.